The van der Waals surface area contributed by atoms with Crippen molar-refractivity contribution in [3.8, 4) is 22.8 Å². The van der Waals surface area contributed by atoms with Gasteiger partial charge in [0.15, 0.2) is 11.0 Å². The van der Waals surface area contributed by atoms with E-state index in [1.54, 1.807) is 18.9 Å². The molecule has 0 radical (unpaired) electrons. The van der Waals surface area contributed by atoms with Crippen molar-refractivity contribution in [3.63, 3.8) is 0 Å². The predicted octanol–water partition coefficient (Wildman–Crippen LogP) is 6.27. The minimum atomic E-state index is -0.00457. The van der Waals surface area contributed by atoms with E-state index in [1.165, 1.54) is 28.2 Å². The quantitative estimate of drug-likeness (QED) is 0.195. The van der Waals surface area contributed by atoms with Gasteiger partial charge in [0.05, 0.1) is 12.9 Å². The Morgan fingerprint density at radius 3 is 2.50 bits per heavy atom. The van der Waals surface area contributed by atoms with Gasteiger partial charge in [0.25, 0.3) is 5.91 Å². The molecule has 0 saturated carbocycles. The smallest absolute Gasteiger partial charge is 0.273 e. The van der Waals surface area contributed by atoms with Crippen LogP contribution in [0.25, 0.3) is 17.1 Å². The molecule has 1 amide bonds. The number of ether oxygens (including phenoxy) is 1. The lowest BCUT2D eigenvalue weighted by Crippen LogP contribution is -2.49. The molecule has 0 aliphatic carbocycles. The first kappa shape index (κ1) is 28.0. The van der Waals surface area contributed by atoms with E-state index in [4.69, 9.17) is 9.72 Å². The van der Waals surface area contributed by atoms with Gasteiger partial charge in [0, 0.05) is 48.5 Å². The van der Waals surface area contributed by atoms with Gasteiger partial charge in [0.1, 0.15) is 16.5 Å². The molecule has 0 spiro atoms. The van der Waals surface area contributed by atoms with Crippen molar-refractivity contribution >= 4 is 34.7 Å². The third kappa shape index (κ3) is 5.91. The summed E-state index contributed by atoms with van der Waals surface area (Å²) in [5.74, 6) is 2.08. The predicted molar refractivity (Wildman–Crippen MR) is 169 cm³/mol. The number of para-hydroxylation sites is 1. The van der Waals surface area contributed by atoms with Gasteiger partial charge >= 0.3 is 0 Å². The Kier molecular flexibility index (Phi) is 8.25. The lowest BCUT2D eigenvalue weighted by Gasteiger charge is -2.36. The van der Waals surface area contributed by atoms with E-state index in [9.17, 15) is 4.79 Å². The van der Waals surface area contributed by atoms with E-state index >= 15 is 0 Å². The normalized spacial score (nSPS) is 13.4. The van der Waals surface area contributed by atoms with Crippen LogP contribution in [-0.2, 0) is 5.75 Å². The SMILES string of the molecule is COc1cccc(-c2nnc(SCc3nc(C(=O)N4CCN(c5ccccc5C)CC4)cs3)n2-c2ccc(C)cc2)c1. The maximum Gasteiger partial charge on any atom is 0.273 e. The van der Waals surface area contributed by atoms with E-state index < -0.39 is 0 Å². The third-order valence-electron chi connectivity index (χ3n) is 7.37. The molecule has 10 heteroatoms. The van der Waals surface area contributed by atoms with E-state index in [0.717, 1.165) is 46.1 Å². The molecule has 2 aromatic heterocycles. The van der Waals surface area contributed by atoms with Gasteiger partial charge in [-0.2, -0.15) is 0 Å². The number of nitrogens with zero attached hydrogens (tertiary/aromatic N) is 6. The molecule has 5 aromatic rings. The number of thioether (sulfide) groups is 1. The van der Waals surface area contributed by atoms with Crippen LogP contribution in [0.1, 0.15) is 26.6 Å². The average Bonchev–Trinajstić information content (AvgIpc) is 3.68. The fourth-order valence-corrected chi connectivity index (χ4v) is 6.81. The third-order valence-corrected chi connectivity index (χ3v) is 9.34. The highest BCUT2D eigenvalue weighted by Gasteiger charge is 2.25. The molecule has 0 bridgehead atoms. The van der Waals surface area contributed by atoms with Gasteiger partial charge in [0.2, 0.25) is 0 Å². The van der Waals surface area contributed by atoms with Crippen LogP contribution in [0.2, 0.25) is 0 Å². The summed E-state index contributed by atoms with van der Waals surface area (Å²) in [7, 11) is 1.66. The molecular weight excluding hydrogens is 565 g/mol. The van der Waals surface area contributed by atoms with E-state index in [1.807, 2.05) is 34.5 Å². The highest BCUT2D eigenvalue weighted by atomic mass is 32.2. The van der Waals surface area contributed by atoms with Gasteiger partial charge in [-0.05, 0) is 49.7 Å². The number of aromatic nitrogens is 4. The monoisotopic (exact) mass is 596 g/mol. The second-order valence-corrected chi connectivity index (χ2v) is 12.1. The molecule has 214 valence electrons. The summed E-state index contributed by atoms with van der Waals surface area (Å²) in [6.45, 7) is 7.19. The fourth-order valence-electron chi connectivity index (χ4n) is 5.07. The van der Waals surface area contributed by atoms with Crippen molar-refractivity contribution in [2.75, 3.05) is 38.2 Å². The van der Waals surface area contributed by atoms with Crippen LogP contribution in [0.15, 0.2) is 83.3 Å². The molecule has 1 aliphatic rings. The molecule has 0 atom stereocenters. The first-order valence-corrected chi connectivity index (χ1v) is 15.7. The second-order valence-electron chi connectivity index (χ2n) is 10.2. The van der Waals surface area contributed by atoms with Crippen LogP contribution in [-0.4, -0.2) is 63.8 Å². The van der Waals surface area contributed by atoms with Crippen LogP contribution in [0.3, 0.4) is 0 Å². The number of anilines is 1. The number of benzene rings is 3. The number of thiazole rings is 1. The summed E-state index contributed by atoms with van der Waals surface area (Å²) >= 11 is 3.07. The molecule has 1 aliphatic heterocycles. The number of methoxy groups -OCH3 is 1. The Morgan fingerprint density at radius 2 is 1.74 bits per heavy atom. The van der Waals surface area contributed by atoms with Crippen LogP contribution >= 0.6 is 23.1 Å². The number of hydrogen-bond donors (Lipinski definition) is 0. The highest BCUT2D eigenvalue weighted by Crippen LogP contribution is 2.32. The van der Waals surface area contributed by atoms with E-state index in [0.29, 0.717) is 24.5 Å². The van der Waals surface area contributed by atoms with Gasteiger partial charge in [-0.3, -0.25) is 9.36 Å². The first-order chi connectivity index (χ1) is 20.5. The summed E-state index contributed by atoms with van der Waals surface area (Å²) < 4.78 is 7.50. The van der Waals surface area contributed by atoms with Crippen molar-refractivity contribution in [3.05, 3.63) is 100 Å². The second kappa shape index (κ2) is 12.4. The van der Waals surface area contributed by atoms with Crippen molar-refractivity contribution in [1.29, 1.82) is 0 Å². The largest absolute Gasteiger partial charge is 0.497 e. The Labute approximate surface area is 254 Å². The Bertz CT molecular complexity index is 1690. The topological polar surface area (TPSA) is 76.4 Å². The lowest BCUT2D eigenvalue weighted by molar-refractivity contribution is 0.0741. The molecular formula is C32H32N6O2S2. The van der Waals surface area contributed by atoms with Gasteiger partial charge < -0.3 is 14.5 Å². The van der Waals surface area contributed by atoms with Gasteiger partial charge in [-0.15, -0.1) is 21.5 Å². The van der Waals surface area contributed by atoms with Gasteiger partial charge in [-0.25, -0.2) is 4.98 Å². The average molecular weight is 597 g/mol. The number of amides is 1. The number of aryl methyl sites for hydroxylation is 2. The first-order valence-electron chi connectivity index (χ1n) is 13.8. The Morgan fingerprint density at radius 1 is 0.952 bits per heavy atom. The van der Waals surface area contributed by atoms with E-state index in [2.05, 4.69) is 82.0 Å². The number of piperazine rings is 1. The number of carbonyl (C=O) groups excluding carboxylic acids is 1. The zero-order valence-electron chi connectivity index (χ0n) is 23.9. The van der Waals surface area contributed by atoms with Crippen molar-refractivity contribution in [2.45, 2.75) is 24.8 Å². The minimum Gasteiger partial charge on any atom is -0.497 e. The standard InChI is InChI=1S/C32H32N6O2S2/c1-22-11-13-25(14-12-22)38-30(24-8-6-9-26(19-24)40-3)34-35-32(38)42-21-29-33-27(20-41-29)31(39)37-17-15-36(16-18-37)28-10-5-4-7-23(28)2/h4-14,19-20H,15-18,21H2,1-3H3. The van der Waals surface area contributed by atoms with Crippen LogP contribution in [0.4, 0.5) is 5.69 Å². The summed E-state index contributed by atoms with van der Waals surface area (Å²) in [5, 5.41) is 12.6. The maximum absolute atomic E-state index is 13.3. The summed E-state index contributed by atoms with van der Waals surface area (Å²) in [4.78, 5) is 22.3. The zero-order chi connectivity index (χ0) is 29.1. The molecule has 8 nitrogen and oxygen atoms in total. The fraction of sp³-hybridized carbons (Fsp3) is 0.250. The summed E-state index contributed by atoms with van der Waals surface area (Å²) in [5.41, 5.74) is 6.08. The molecule has 0 N–H and O–H groups in total. The van der Waals surface area contributed by atoms with Crippen molar-refractivity contribution < 1.29 is 9.53 Å². The lowest BCUT2D eigenvalue weighted by atomic mass is 10.1. The molecule has 1 saturated heterocycles. The van der Waals surface area contributed by atoms with Crippen LogP contribution in [0, 0.1) is 13.8 Å². The molecule has 0 unspecified atom stereocenters. The molecule has 42 heavy (non-hydrogen) atoms. The number of carbonyl (C=O) groups is 1. The Hall–Kier alpha value is -4.15. The maximum atomic E-state index is 13.3. The molecule has 3 aromatic carbocycles. The number of hydrogen-bond acceptors (Lipinski definition) is 8. The van der Waals surface area contributed by atoms with Crippen molar-refractivity contribution in [1.82, 2.24) is 24.6 Å². The van der Waals surface area contributed by atoms with Crippen LogP contribution < -0.4 is 9.64 Å². The Balaban J connectivity index is 1.16. The molecule has 3 heterocycles. The van der Waals surface area contributed by atoms with Crippen molar-refractivity contribution in [2.24, 2.45) is 0 Å². The number of rotatable bonds is 8. The van der Waals surface area contributed by atoms with Crippen LogP contribution in [0.5, 0.6) is 5.75 Å². The zero-order valence-corrected chi connectivity index (χ0v) is 25.5. The summed E-state index contributed by atoms with van der Waals surface area (Å²) in [6.07, 6.45) is 0. The van der Waals surface area contributed by atoms with Gasteiger partial charge in [-0.1, -0.05) is 59.8 Å². The minimum absolute atomic E-state index is 0.00457. The molecule has 1 fully saturated rings. The van der Waals surface area contributed by atoms with E-state index in [-0.39, 0.29) is 5.91 Å². The summed E-state index contributed by atoms with van der Waals surface area (Å²) in [6, 6.07) is 24.5. The highest BCUT2D eigenvalue weighted by molar-refractivity contribution is 7.98. The molecule has 6 rings (SSSR count).